The Bertz CT molecular complexity index is 475. The molecule has 0 spiro atoms. The van der Waals surface area contributed by atoms with Crippen LogP contribution in [0, 0.1) is 12.3 Å². The van der Waals surface area contributed by atoms with E-state index in [1.165, 1.54) is 12.8 Å². The van der Waals surface area contributed by atoms with Crippen LogP contribution in [-0.4, -0.2) is 16.1 Å². The number of nitrogens with two attached hydrogens (primary N) is 1. The van der Waals surface area contributed by atoms with Gasteiger partial charge in [-0.25, -0.2) is 4.98 Å². The van der Waals surface area contributed by atoms with Crippen LogP contribution in [0.2, 0.25) is 0 Å². The van der Waals surface area contributed by atoms with Crippen molar-refractivity contribution in [2.24, 2.45) is 11.1 Å². The molecule has 1 aliphatic carbocycles. The Labute approximate surface area is 120 Å². The first kappa shape index (κ1) is 14.3. The van der Waals surface area contributed by atoms with E-state index in [1.807, 2.05) is 19.1 Å². The molecule has 0 aromatic carbocycles. The topological polar surface area (TPSA) is 48.1 Å². The van der Waals surface area contributed by atoms with Gasteiger partial charge in [-0.05, 0) is 44.1 Å². The Kier molecular flexibility index (Phi) is 4.09. The average molecular weight is 278 g/mol. The summed E-state index contributed by atoms with van der Waals surface area (Å²) in [6, 6.07) is 3.73. The normalized spacial score (nSPS) is 19.1. The lowest BCUT2D eigenvalue weighted by Crippen LogP contribution is -2.28. The van der Waals surface area contributed by atoms with Crippen LogP contribution >= 0.6 is 12.2 Å². The molecule has 1 heterocycles. The van der Waals surface area contributed by atoms with Crippen LogP contribution in [0.1, 0.15) is 50.8 Å². The van der Waals surface area contributed by atoms with Gasteiger partial charge in [-0.2, -0.15) is 0 Å². The lowest BCUT2D eigenvalue weighted by Gasteiger charge is -2.34. The predicted octanol–water partition coefficient (Wildman–Crippen LogP) is 3.37. The Morgan fingerprint density at radius 3 is 2.58 bits per heavy atom. The second-order valence-corrected chi connectivity index (χ2v) is 6.62. The zero-order valence-corrected chi connectivity index (χ0v) is 12.7. The van der Waals surface area contributed by atoms with Crippen molar-refractivity contribution in [2.75, 3.05) is 0 Å². The highest BCUT2D eigenvalue weighted by atomic mass is 32.1. The first-order chi connectivity index (χ1) is 8.85. The van der Waals surface area contributed by atoms with Gasteiger partial charge in [0.1, 0.15) is 11.1 Å². The molecular formula is C15H22N2OS. The van der Waals surface area contributed by atoms with Crippen molar-refractivity contribution in [1.29, 1.82) is 0 Å². The highest BCUT2D eigenvalue weighted by molar-refractivity contribution is 7.80. The summed E-state index contributed by atoms with van der Waals surface area (Å²) in [5.74, 6) is 0.646. The number of thiocarbonyl (C=S) groups is 1. The van der Waals surface area contributed by atoms with Crippen LogP contribution in [0.15, 0.2) is 12.1 Å². The van der Waals surface area contributed by atoms with E-state index in [2.05, 4.69) is 18.8 Å². The van der Waals surface area contributed by atoms with Crippen molar-refractivity contribution in [2.45, 2.75) is 52.6 Å². The second kappa shape index (κ2) is 5.45. The molecule has 0 amide bonds. The van der Waals surface area contributed by atoms with Crippen LogP contribution in [0.5, 0.6) is 5.88 Å². The number of rotatable bonds is 3. The summed E-state index contributed by atoms with van der Waals surface area (Å²) in [6.07, 6.45) is 4.84. The molecule has 1 aromatic heterocycles. The van der Waals surface area contributed by atoms with Crippen molar-refractivity contribution in [1.82, 2.24) is 4.98 Å². The lowest BCUT2D eigenvalue weighted by atomic mass is 9.76. The van der Waals surface area contributed by atoms with Gasteiger partial charge in [0.05, 0.1) is 0 Å². The zero-order chi connectivity index (χ0) is 14.0. The molecule has 4 heteroatoms. The van der Waals surface area contributed by atoms with Crippen molar-refractivity contribution in [3.05, 3.63) is 23.4 Å². The first-order valence-corrected chi connectivity index (χ1v) is 7.22. The fourth-order valence-corrected chi connectivity index (χ4v) is 2.62. The quantitative estimate of drug-likeness (QED) is 0.861. The van der Waals surface area contributed by atoms with E-state index in [4.69, 9.17) is 22.7 Å². The average Bonchev–Trinajstić information content (AvgIpc) is 2.31. The molecule has 2 N–H and O–H groups in total. The molecule has 19 heavy (non-hydrogen) atoms. The number of pyridine rings is 1. The molecule has 0 atom stereocenters. The van der Waals surface area contributed by atoms with Crippen molar-refractivity contribution in [3.8, 4) is 5.88 Å². The Balaban J connectivity index is 2.05. The number of nitrogens with zero attached hydrogens (tertiary/aromatic N) is 1. The second-order valence-electron chi connectivity index (χ2n) is 6.18. The van der Waals surface area contributed by atoms with Gasteiger partial charge in [0.25, 0.3) is 0 Å². The minimum Gasteiger partial charge on any atom is -0.474 e. The van der Waals surface area contributed by atoms with E-state index in [0.29, 0.717) is 16.3 Å². The predicted molar refractivity (Wildman–Crippen MR) is 81.5 cm³/mol. The molecule has 1 aromatic rings. The van der Waals surface area contributed by atoms with Crippen molar-refractivity contribution >= 4 is 17.2 Å². The molecule has 0 aliphatic heterocycles. The molecule has 2 rings (SSSR count). The molecule has 104 valence electrons. The third-order valence-electron chi connectivity index (χ3n) is 3.79. The number of aryl methyl sites for hydroxylation is 1. The first-order valence-electron chi connectivity index (χ1n) is 6.81. The zero-order valence-electron chi connectivity index (χ0n) is 11.9. The molecular weight excluding hydrogens is 256 g/mol. The van der Waals surface area contributed by atoms with E-state index in [1.54, 1.807) is 0 Å². The summed E-state index contributed by atoms with van der Waals surface area (Å²) in [5.41, 5.74) is 7.83. The number of hydrogen-bond acceptors (Lipinski definition) is 3. The molecule has 0 saturated heterocycles. The van der Waals surface area contributed by atoms with Gasteiger partial charge < -0.3 is 10.5 Å². The standard InChI is InChI=1S/C15H22N2OS/c1-10-8-11(14(16)19)9-13(17-10)18-12-4-6-15(2,3)7-5-12/h8-9,12H,4-7H2,1-3H3,(H2,16,19). The van der Waals surface area contributed by atoms with Gasteiger partial charge in [-0.1, -0.05) is 26.1 Å². The number of ether oxygens (including phenoxy) is 1. The highest BCUT2D eigenvalue weighted by Crippen LogP contribution is 2.36. The summed E-state index contributed by atoms with van der Waals surface area (Å²) < 4.78 is 5.99. The minimum absolute atomic E-state index is 0.265. The largest absolute Gasteiger partial charge is 0.474 e. The van der Waals surface area contributed by atoms with Crippen LogP contribution in [0.25, 0.3) is 0 Å². The smallest absolute Gasteiger partial charge is 0.214 e. The molecule has 3 nitrogen and oxygen atoms in total. The van der Waals surface area contributed by atoms with E-state index < -0.39 is 0 Å². The van der Waals surface area contributed by atoms with E-state index in [9.17, 15) is 0 Å². The molecule has 1 aliphatic rings. The Morgan fingerprint density at radius 1 is 1.37 bits per heavy atom. The van der Waals surface area contributed by atoms with E-state index in [-0.39, 0.29) is 6.10 Å². The number of aromatic nitrogens is 1. The van der Waals surface area contributed by atoms with E-state index >= 15 is 0 Å². The summed E-state index contributed by atoms with van der Waals surface area (Å²) >= 11 is 5.01. The third kappa shape index (κ3) is 3.90. The van der Waals surface area contributed by atoms with Crippen LogP contribution in [-0.2, 0) is 0 Å². The molecule has 0 bridgehead atoms. The molecule has 0 unspecified atom stereocenters. The van der Waals surface area contributed by atoms with Gasteiger partial charge in [-0.15, -0.1) is 0 Å². The maximum atomic E-state index is 5.99. The fourth-order valence-electron chi connectivity index (χ4n) is 2.50. The van der Waals surface area contributed by atoms with Gasteiger partial charge in [-0.3, -0.25) is 0 Å². The SMILES string of the molecule is Cc1cc(C(N)=S)cc(OC2CCC(C)(C)CC2)n1. The Morgan fingerprint density at radius 2 is 2.00 bits per heavy atom. The summed E-state index contributed by atoms with van der Waals surface area (Å²) in [5, 5.41) is 0. The molecule has 1 saturated carbocycles. The molecule has 1 fully saturated rings. The maximum absolute atomic E-state index is 5.99. The summed E-state index contributed by atoms with van der Waals surface area (Å²) in [4.78, 5) is 4.80. The van der Waals surface area contributed by atoms with Crippen LogP contribution in [0.3, 0.4) is 0 Å². The van der Waals surface area contributed by atoms with Crippen LogP contribution < -0.4 is 10.5 Å². The van der Waals surface area contributed by atoms with Crippen molar-refractivity contribution < 1.29 is 4.74 Å². The highest BCUT2D eigenvalue weighted by Gasteiger charge is 2.28. The van der Waals surface area contributed by atoms with Crippen LogP contribution in [0.4, 0.5) is 0 Å². The summed E-state index contributed by atoms with van der Waals surface area (Å²) in [7, 11) is 0. The maximum Gasteiger partial charge on any atom is 0.214 e. The molecule has 0 radical (unpaired) electrons. The van der Waals surface area contributed by atoms with Gasteiger partial charge >= 0.3 is 0 Å². The van der Waals surface area contributed by atoms with Gasteiger partial charge in [0.2, 0.25) is 5.88 Å². The number of hydrogen-bond donors (Lipinski definition) is 1. The van der Waals surface area contributed by atoms with E-state index in [0.717, 1.165) is 24.1 Å². The summed E-state index contributed by atoms with van der Waals surface area (Å²) in [6.45, 7) is 6.57. The van der Waals surface area contributed by atoms with Gasteiger partial charge in [0, 0.05) is 17.3 Å². The minimum atomic E-state index is 0.265. The monoisotopic (exact) mass is 278 g/mol. The van der Waals surface area contributed by atoms with Gasteiger partial charge in [0.15, 0.2) is 0 Å². The lowest BCUT2D eigenvalue weighted by molar-refractivity contribution is 0.0948. The van der Waals surface area contributed by atoms with Crippen molar-refractivity contribution in [3.63, 3.8) is 0 Å². The Hall–Kier alpha value is -1.16. The third-order valence-corrected chi connectivity index (χ3v) is 4.02. The fraction of sp³-hybridized carbons (Fsp3) is 0.600.